The predicted octanol–water partition coefficient (Wildman–Crippen LogP) is 3.85. The molecule has 2 rings (SSSR count). The van der Waals surface area contributed by atoms with Gasteiger partial charge in [-0.1, -0.05) is 30.1 Å². The first-order valence-corrected chi connectivity index (χ1v) is 7.41. The van der Waals surface area contributed by atoms with Gasteiger partial charge < -0.3 is 10.6 Å². The fourth-order valence-corrected chi connectivity index (χ4v) is 3.02. The van der Waals surface area contributed by atoms with Gasteiger partial charge in [-0.15, -0.1) is 0 Å². The molecule has 0 unspecified atom stereocenters. The Balaban J connectivity index is 2.18. The number of halogens is 3. The average Bonchev–Trinajstić information content (AvgIpc) is 2.45. The number of hydrogen-bond donors (Lipinski definition) is 2. The Kier molecular flexibility index (Phi) is 4.89. The average molecular weight is 319 g/mol. The van der Waals surface area contributed by atoms with Crippen molar-refractivity contribution >= 4 is 34.8 Å². The summed E-state index contributed by atoms with van der Waals surface area (Å²) < 4.78 is 13.4. The molecule has 1 saturated heterocycles. The van der Waals surface area contributed by atoms with Crippen LogP contribution in [-0.2, 0) is 4.79 Å². The maximum absolute atomic E-state index is 13.4. The molecular formula is C14H17Cl2FN2O. The number of hydrogen-bond acceptors (Lipinski definition) is 2. The standard InChI is InChI=1S/C14H17Cl2FN2O/c1-2-14(3-5-18-6-4-14)13(20)19-9-7-10(15)12(17)11(16)8-9/h7-8,18H,2-6H2,1H3,(H,19,20). The normalized spacial score (nSPS) is 17.8. The number of nitrogens with one attached hydrogen (secondary N) is 2. The van der Waals surface area contributed by atoms with Gasteiger partial charge in [-0.25, -0.2) is 4.39 Å². The molecule has 1 heterocycles. The number of benzene rings is 1. The molecular weight excluding hydrogens is 302 g/mol. The molecule has 6 heteroatoms. The van der Waals surface area contributed by atoms with Crippen LogP contribution in [0.3, 0.4) is 0 Å². The summed E-state index contributed by atoms with van der Waals surface area (Å²) in [5.74, 6) is -0.723. The van der Waals surface area contributed by atoms with E-state index in [1.165, 1.54) is 12.1 Å². The van der Waals surface area contributed by atoms with Crippen LogP contribution >= 0.6 is 23.2 Å². The molecule has 20 heavy (non-hydrogen) atoms. The molecule has 1 aliphatic rings. The van der Waals surface area contributed by atoms with Crippen molar-refractivity contribution in [2.45, 2.75) is 26.2 Å². The lowest BCUT2D eigenvalue weighted by atomic mass is 9.76. The summed E-state index contributed by atoms with van der Waals surface area (Å²) in [6, 6.07) is 2.76. The van der Waals surface area contributed by atoms with Crippen LogP contribution in [0.15, 0.2) is 12.1 Å². The van der Waals surface area contributed by atoms with E-state index in [0.717, 1.165) is 32.4 Å². The molecule has 1 aromatic carbocycles. The SMILES string of the molecule is CCC1(C(=O)Nc2cc(Cl)c(F)c(Cl)c2)CCNCC1. The molecule has 1 amide bonds. The van der Waals surface area contributed by atoms with E-state index in [9.17, 15) is 9.18 Å². The Morgan fingerprint density at radius 3 is 2.40 bits per heavy atom. The molecule has 0 atom stereocenters. The van der Waals surface area contributed by atoms with Gasteiger partial charge in [0.05, 0.1) is 15.5 Å². The second-order valence-corrected chi connectivity index (χ2v) is 5.91. The molecule has 110 valence electrons. The van der Waals surface area contributed by atoms with E-state index in [1.54, 1.807) is 0 Å². The number of amides is 1. The van der Waals surface area contributed by atoms with E-state index < -0.39 is 5.82 Å². The summed E-state index contributed by atoms with van der Waals surface area (Å²) in [4.78, 5) is 12.5. The van der Waals surface area contributed by atoms with Crippen molar-refractivity contribution in [3.63, 3.8) is 0 Å². The van der Waals surface area contributed by atoms with Crippen molar-refractivity contribution in [1.29, 1.82) is 0 Å². The minimum absolute atomic E-state index is 0.0553. The molecule has 3 nitrogen and oxygen atoms in total. The van der Waals surface area contributed by atoms with Crippen LogP contribution in [0.4, 0.5) is 10.1 Å². The lowest BCUT2D eigenvalue weighted by Gasteiger charge is -2.35. The van der Waals surface area contributed by atoms with Gasteiger partial charge in [0.15, 0.2) is 5.82 Å². The van der Waals surface area contributed by atoms with Gasteiger partial charge in [0.25, 0.3) is 0 Å². The molecule has 2 N–H and O–H groups in total. The fraction of sp³-hybridized carbons (Fsp3) is 0.500. The third-order valence-corrected chi connectivity index (χ3v) is 4.51. The van der Waals surface area contributed by atoms with Crippen molar-refractivity contribution in [2.24, 2.45) is 5.41 Å². The highest BCUT2D eigenvalue weighted by atomic mass is 35.5. The van der Waals surface area contributed by atoms with Crippen LogP contribution in [0.1, 0.15) is 26.2 Å². The third kappa shape index (κ3) is 3.08. The zero-order valence-corrected chi connectivity index (χ0v) is 12.7. The summed E-state index contributed by atoms with van der Waals surface area (Å²) in [7, 11) is 0. The van der Waals surface area contributed by atoms with E-state index >= 15 is 0 Å². The van der Waals surface area contributed by atoms with E-state index in [1.807, 2.05) is 6.92 Å². The molecule has 0 saturated carbocycles. The number of anilines is 1. The summed E-state index contributed by atoms with van der Waals surface area (Å²) in [6.45, 7) is 3.66. The summed E-state index contributed by atoms with van der Waals surface area (Å²) in [6.07, 6.45) is 2.35. The lowest BCUT2D eigenvalue weighted by molar-refractivity contribution is -0.127. The van der Waals surface area contributed by atoms with Gasteiger partial charge >= 0.3 is 0 Å². The van der Waals surface area contributed by atoms with Crippen molar-refractivity contribution in [1.82, 2.24) is 5.32 Å². The monoisotopic (exact) mass is 318 g/mol. The maximum atomic E-state index is 13.4. The minimum atomic E-state index is -0.668. The second-order valence-electron chi connectivity index (χ2n) is 5.09. The van der Waals surface area contributed by atoms with Crippen LogP contribution in [-0.4, -0.2) is 19.0 Å². The van der Waals surface area contributed by atoms with Crippen molar-refractivity contribution < 1.29 is 9.18 Å². The molecule has 1 aromatic rings. The Labute approximate surface area is 127 Å². The smallest absolute Gasteiger partial charge is 0.230 e. The van der Waals surface area contributed by atoms with Gasteiger partial charge in [0.1, 0.15) is 0 Å². The van der Waals surface area contributed by atoms with E-state index in [4.69, 9.17) is 23.2 Å². The Morgan fingerprint density at radius 1 is 1.35 bits per heavy atom. The molecule has 0 spiro atoms. The van der Waals surface area contributed by atoms with Gasteiger partial charge in [-0.2, -0.15) is 0 Å². The molecule has 0 radical (unpaired) electrons. The summed E-state index contributed by atoms with van der Waals surface area (Å²) >= 11 is 11.5. The van der Waals surface area contributed by atoms with Crippen LogP contribution in [0, 0.1) is 11.2 Å². The van der Waals surface area contributed by atoms with Crippen LogP contribution in [0.5, 0.6) is 0 Å². The molecule has 0 bridgehead atoms. The number of carbonyl (C=O) groups is 1. The number of rotatable bonds is 3. The van der Waals surface area contributed by atoms with E-state index in [-0.39, 0.29) is 21.4 Å². The first-order valence-electron chi connectivity index (χ1n) is 6.65. The first kappa shape index (κ1) is 15.5. The minimum Gasteiger partial charge on any atom is -0.326 e. The Morgan fingerprint density at radius 2 is 1.90 bits per heavy atom. The van der Waals surface area contributed by atoms with Crippen molar-refractivity contribution in [3.8, 4) is 0 Å². The molecule has 1 fully saturated rings. The largest absolute Gasteiger partial charge is 0.326 e. The van der Waals surface area contributed by atoms with Crippen molar-refractivity contribution in [3.05, 3.63) is 28.0 Å². The zero-order chi connectivity index (χ0) is 14.8. The number of piperidine rings is 1. The van der Waals surface area contributed by atoms with Crippen LogP contribution < -0.4 is 10.6 Å². The van der Waals surface area contributed by atoms with Gasteiger partial charge in [0.2, 0.25) is 5.91 Å². The lowest BCUT2D eigenvalue weighted by Crippen LogP contribution is -2.44. The van der Waals surface area contributed by atoms with Crippen molar-refractivity contribution in [2.75, 3.05) is 18.4 Å². The first-order chi connectivity index (χ1) is 9.48. The second kappa shape index (κ2) is 6.29. The number of carbonyl (C=O) groups excluding carboxylic acids is 1. The fourth-order valence-electron chi connectivity index (χ4n) is 2.54. The highest BCUT2D eigenvalue weighted by Gasteiger charge is 2.37. The quantitative estimate of drug-likeness (QED) is 0.831. The molecule has 0 aromatic heterocycles. The summed E-state index contributed by atoms with van der Waals surface area (Å²) in [5.41, 5.74) is 0.0521. The van der Waals surface area contributed by atoms with Crippen LogP contribution in [0.2, 0.25) is 10.0 Å². The predicted molar refractivity (Wildman–Crippen MR) is 79.9 cm³/mol. The molecule has 1 aliphatic heterocycles. The van der Waals surface area contributed by atoms with Crippen LogP contribution in [0.25, 0.3) is 0 Å². The van der Waals surface area contributed by atoms with Gasteiger partial charge in [-0.05, 0) is 44.5 Å². The molecule has 0 aliphatic carbocycles. The highest BCUT2D eigenvalue weighted by molar-refractivity contribution is 6.35. The summed E-state index contributed by atoms with van der Waals surface area (Å²) in [5, 5.41) is 5.87. The van der Waals surface area contributed by atoms with Gasteiger partial charge in [-0.3, -0.25) is 4.79 Å². The highest BCUT2D eigenvalue weighted by Crippen LogP contribution is 2.35. The van der Waals surface area contributed by atoms with Gasteiger partial charge in [0, 0.05) is 5.69 Å². The Hall–Kier alpha value is -0.840. The third-order valence-electron chi connectivity index (χ3n) is 3.96. The van der Waals surface area contributed by atoms with E-state index in [2.05, 4.69) is 10.6 Å². The van der Waals surface area contributed by atoms with E-state index in [0.29, 0.717) is 5.69 Å². The zero-order valence-electron chi connectivity index (χ0n) is 11.2. The topological polar surface area (TPSA) is 41.1 Å². The maximum Gasteiger partial charge on any atom is 0.230 e. The Bertz CT molecular complexity index is 493.